The van der Waals surface area contributed by atoms with Crippen molar-refractivity contribution in [2.75, 3.05) is 24.3 Å². The van der Waals surface area contributed by atoms with E-state index in [2.05, 4.69) is 21.3 Å². The minimum atomic E-state index is -4.82. The van der Waals surface area contributed by atoms with Gasteiger partial charge in [-0.15, -0.1) is 0 Å². The molecule has 46 heavy (non-hydrogen) atoms. The third-order valence-corrected chi connectivity index (χ3v) is 8.72. The van der Waals surface area contributed by atoms with Gasteiger partial charge >= 0.3 is 12.1 Å². The quantitative estimate of drug-likeness (QED) is 0.212. The molecule has 0 aromatic heterocycles. The first-order valence-electron chi connectivity index (χ1n) is 15.1. The van der Waals surface area contributed by atoms with Crippen molar-refractivity contribution in [3.63, 3.8) is 0 Å². The molecule has 0 aliphatic carbocycles. The van der Waals surface area contributed by atoms with Gasteiger partial charge < -0.3 is 31.1 Å². The average molecular weight is 639 g/mol. The second kappa shape index (κ2) is 13.4. The molecule has 0 spiro atoms. The van der Waals surface area contributed by atoms with Gasteiger partial charge in [0.2, 0.25) is 11.8 Å². The fraction of sp³-hybridized carbons (Fsp3) is 0.382. The van der Waals surface area contributed by atoms with E-state index < -0.39 is 48.8 Å². The molecular weight excluding hydrogens is 601 g/mol. The van der Waals surface area contributed by atoms with Crippen molar-refractivity contribution in [2.45, 2.75) is 69.9 Å². The van der Waals surface area contributed by atoms with Crippen LogP contribution in [0.4, 0.5) is 24.5 Å². The number of para-hydroxylation sites is 2. The molecule has 3 unspecified atom stereocenters. The molecule has 0 bridgehead atoms. The maximum Gasteiger partial charge on any atom is 0.416 e. The highest BCUT2D eigenvalue weighted by atomic mass is 19.4. The molecule has 5 rings (SSSR count). The Balaban J connectivity index is 1.32. The molecule has 0 radical (unpaired) electrons. The summed E-state index contributed by atoms with van der Waals surface area (Å²) in [5.74, 6) is -1.34. The number of carbonyl (C=O) groups excluding carboxylic acids is 3. The summed E-state index contributed by atoms with van der Waals surface area (Å²) in [5.41, 5.74) is 8.09. The van der Waals surface area contributed by atoms with Gasteiger partial charge in [-0.1, -0.05) is 54.6 Å². The average Bonchev–Trinajstić information content (AvgIpc) is 3.66. The second-order valence-corrected chi connectivity index (χ2v) is 11.8. The number of methoxy groups -OCH3 is 1. The minimum absolute atomic E-state index is 0.0622. The number of hydrogen-bond acceptors (Lipinski definition) is 7. The largest absolute Gasteiger partial charge is 0.469 e. The number of aliphatic hydroxyl groups is 1. The van der Waals surface area contributed by atoms with Crippen LogP contribution < -0.4 is 21.3 Å². The van der Waals surface area contributed by atoms with Gasteiger partial charge in [0.1, 0.15) is 12.1 Å². The van der Waals surface area contributed by atoms with Crippen LogP contribution in [0.2, 0.25) is 0 Å². The maximum absolute atomic E-state index is 13.5. The van der Waals surface area contributed by atoms with Gasteiger partial charge in [-0.3, -0.25) is 14.4 Å². The first-order chi connectivity index (χ1) is 21.8. The highest BCUT2D eigenvalue weighted by molar-refractivity contribution is 5.89. The summed E-state index contributed by atoms with van der Waals surface area (Å²) < 4.78 is 43.0. The van der Waals surface area contributed by atoms with E-state index in [1.807, 2.05) is 68.4 Å². The zero-order valence-corrected chi connectivity index (χ0v) is 25.8. The van der Waals surface area contributed by atoms with E-state index >= 15 is 0 Å². The Morgan fingerprint density at radius 3 is 2.20 bits per heavy atom. The van der Waals surface area contributed by atoms with Crippen molar-refractivity contribution < 1.29 is 37.4 Å². The van der Waals surface area contributed by atoms with Crippen LogP contribution in [0.15, 0.2) is 54.6 Å². The number of aryl methyl sites for hydroxylation is 1. The van der Waals surface area contributed by atoms with Crippen LogP contribution in [0.5, 0.6) is 0 Å². The lowest BCUT2D eigenvalue weighted by atomic mass is 9.91. The van der Waals surface area contributed by atoms with E-state index in [-0.39, 0.29) is 18.7 Å². The van der Waals surface area contributed by atoms with Crippen molar-refractivity contribution in [1.82, 2.24) is 10.6 Å². The highest BCUT2D eigenvalue weighted by Crippen LogP contribution is 2.34. The Bertz CT molecular complexity index is 1640. The van der Waals surface area contributed by atoms with Crippen molar-refractivity contribution in [1.29, 1.82) is 0 Å². The number of rotatable bonds is 10. The molecule has 0 saturated carbocycles. The van der Waals surface area contributed by atoms with Gasteiger partial charge in [0.05, 0.1) is 26.1 Å². The van der Waals surface area contributed by atoms with Crippen LogP contribution in [-0.4, -0.2) is 60.9 Å². The smallest absolute Gasteiger partial charge is 0.416 e. The summed E-state index contributed by atoms with van der Waals surface area (Å²) in [7, 11) is 1.30. The summed E-state index contributed by atoms with van der Waals surface area (Å²) in [5, 5.41) is 21.0. The van der Waals surface area contributed by atoms with Gasteiger partial charge in [0, 0.05) is 24.2 Å². The summed E-state index contributed by atoms with van der Waals surface area (Å²) >= 11 is 0. The topological polar surface area (TPSA) is 129 Å². The Kier molecular flexibility index (Phi) is 9.57. The number of benzene rings is 3. The zero-order valence-electron chi connectivity index (χ0n) is 25.8. The third kappa shape index (κ3) is 7.12. The first kappa shape index (κ1) is 32.8. The number of amides is 2. The van der Waals surface area contributed by atoms with E-state index in [1.165, 1.54) is 7.11 Å². The molecule has 2 heterocycles. The third-order valence-electron chi connectivity index (χ3n) is 8.72. The molecular formula is C34H37F3N4O5. The van der Waals surface area contributed by atoms with Crippen LogP contribution in [0.1, 0.15) is 51.4 Å². The molecule has 2 amide bonds. The molecule has 0 saturated heterocycles. The van der Waals surface area contributed by atoms with Crippen molar-refractivity contribution in [3.05, 3.63) is 93.5 Å². The Morgan fingerprint density at radius 2 is 1.52 bits per heavy atom. The Morgan fingerprint density at radius 1 is 0.913 bits per heavy atom. The summed E-state index contributed by atoms with van der Waals surface area (Å²) in [6, 6.07) is 15.3. The number of carbonyl (C=O) groups is 3. The van der Waals surface area contributed by atoms with Crippen LogP contribution >= 0.6 is 0 Å². The lowest BCUT2D eigenvalue weighted by Crippen LogP contribution is -2.45. The van der Waals surface area contributed by atoms with Gasteiger partial charge in [-0.2, -0.15) is 13.2 Å². The summed E-state index contributed by atoms with van der Waals surface area (Å²) in [6.45, 7) is 2.98. The fourth-order valence-electron chi connectivity index (χ4n) is 6.14. The molecule has 2 aliphatic rings. The van der Waals surface area contributed by atoms with E-state index in [4.69, 9.17) is 4.74 Å². The van der Waals surface area contributed by atoms with Gasteiger partial charge in [-0.05, 0) is 59.2 Å². The number of alkyl halides is 3. The number of ether oxygens (including phenoxy) is 1. The predicted octanol–water partition coefficient (Wildman–Crippen LogP) is 4.03. The number of anilines is 2. The maximum atomic E-state index is 13.5. The first-order valence-corrected chi connectivity index (χ1v) is 15.1. The molecule has 5 N–H and O–H groups in total. The predicted molar refractivity (Wildman–Crippen MR) is 166 cm³/mol. The molecule has 3 aromatic rings. The Hall–Kier alpha value is -4.58. The van der Waals surface area contributed by atoms with Crippen LogP contribution in [0.3, 0.4) is 0 Å². The SMILES string of the molecule is COC(=O)C[C@H](NC(=O)C1Cc2cccc(C)c2N1)c1cccc(Cc2cccc3c2NC(C(=O)NCC(O)C(F)(F)F)C3)c1C. The molecule has 4 atom stereocenters. The summed E-state index contributed by atoms with van der Waals surface area (Å²) in [4.78, 5) is 38.6. The van der Waals surface area contributed by atoms with Crippen LogP contribution in [-0.2, 0) is 38.4 Å². The molecule has 3 aromatic carbocycles. The Labute approximate surface area is 264 Å². The summed E-state index contributed by atoms with van der Waals surface area (Å²) in [6.07, 6.45) is -6.27. The zero-order chi connectivity index (χ0) is 33.2. The van der Waals surface area contributed by atoms with E-state index in [1.54, 1.807) is 0 Å². The molecule has 0 fully saturated rings. The highest BCUT2D eigenvalue weighted by Gasteiger charge is 2.39. The number of hydrogen-bond donors (Lipinski definition) is 5. The van der Waals surface area contributed by atoms with Crippen LogP contribution in [0, 0.1) is 13.8 Å². The molecule has 2 aliphatic heterocycles. The number of aliphatic hydroxyl groups excluding tert-OH is 1. The number of halogens is 3. The van der Waals surface area contributed by atoms with E-state index in [9.17, 15) is 32.7 Å². The number of esters is 1. The van der Waals surface area contributed by atoms with Crippen molar-refractivity contribution in [3.8, 4) is 0 Å². The number of fused-ring (bicyclic) bond motifs is 2. The van der Waals surface area contributed by atoms with E-state index in [0.717, 1.165) is 50.3 Å². The van der Waals surface area contributed by atoms with Crippen molar-refractivity contribution in [2.24, 2.45) is 0 Å². The van der Waals surface area contributed by atoms with Crippen LogP contribution in [0.25, 0.3) is 0 Å². The lowest BCUT2D eigenvalue weighted by molar-refractivity contribution is -0.201. The minimum Gasteiger partial charge on any atom is -0.469 e. The van der Waals surface area contributed by atoms with Gasteiger partial charge in [0.15, 0.2) is 6.10 Å². The van der Waals surface area contributed by atoms with Crippen molar-refractivity contribution >= 4 is 29.2 Å². The molecule has 12 heteroatoms. The molecule has 9 nitrogen and oxygen atoms in total. The fourth-order valence-corrected chi connectivity index (χ4v) is 6.14. The second-order valence-electron chi connectivity index (χ2n) is 11.8. The molecule has 244 valence electrons. The van der Waals surface area contributed by atoms with Gasteiger partial charge in [0.25, 0.3) is 0 Å². The number of nitrogens with one attached hydrogen (secondary N) is 4. The van der Waals surface area contributed by atoms with E-state index in [0.29, 0.717) is 12.8 Å². The lowest BCUT2D eigenvalue weighted by Gasteiger charge is -2.24. The normalized spacial score (nSPS) is 18.0. The standard InChI is InChI=1S/C34H37F3N4O5/c1-18-7-4-9-22-14-27(39-30(18)22)33(45)41-25(16-29(43)46-3)24-12-6-8-20(19(24)2)13-21-10-5-11-23-15-26(40-31(21)23)32(44)38-17-28(42)34(35,36)37/h4-12,25-28,39-40,42H,13-17H2,1-3H3,(H,38,44)(H,41,45)/t25-,26?,27?,28?/m0/s1. The van der Waals surface area contributed by atoms with Gasteiger partial charge in [-0.25, -0.2) is 0 Å². The monoisotopic (exact) mass is 638 g/mol.